The molecule has 20 heavy (non-hydrogen) atoms. The van der Waals surface area contributed by atoms with Crippen molar-refractivity contribution in [3.05, 3.63) is 58.0 Å². The van der Waals surface area contributed by atoms with E-state index in [1.165, 1.54) is 16.3 Å². The van der Waals surface area contributed by atoms with E-state index >= 15 is 0 Å². The van der Waals surface area contributed by atoms with Gasteiger partial charge in [-0.25, -0.2) is 0 Å². The lowest BCUT2D eigenvalue weighted by atomic mass is 10.0. The van der Waals surface area contributed by atoms with Crippen molar-refractivity contribution in [2.24, 2.45) is 0 Å². The summed E-state index contributed by atoms with van der Waals surface area (Å²) in [6.07, 6.45) is 1.88. The molecule has 1 atom stereocenters. The largest absolute Gasteiger partial charge is 0.143 e. The number of alkyl halides is 1. The molecule has 0 bridgehead atoms. The zero-order chi connectivity index (χ0) is 13.9. The van der Waals surface area contributed by atoms with E-state index in [4.69, 9.17) is 0 Å². The molecule has 102 valence electrons. The van der Waals surface area contributed by atoms with Crippen LogP contribution in [-0.4, -0.2) is 10.2 Å². The number of fused-ring (bicyclic) bond motifs is 1. The summed E-state index contributed by atoms with van der Waals surface area (Å²) < 4.78 is 0. The summed E-state index contributed by atoms with van der Waals surface area (Å²) in [5.74, 6) is 0. The first-order chi connectivity index (χ1) is 9.78. The van der Waals surface area contributed by atoms with Gasteiger partial charge in [0.2, 0.25) is 0 Å². The van der Waals surface area contributed by atoms with Crippen molar-refractivity contribution < 1.29 is 0 Å². The second-order valence-electron chi connectivity index (χ2n) is 4.72. The van der Waals surface area contributed by atoms with Crippen LogP contribution in [0.5, 0.6) is 0 Å². The van der Waals surface area contributed by atoms with Crippen LogP contribution >= 0.6 is 27.3 Å². The van der Waals surface area contributed by atoms with Crippen LogP contribution < -0.4 is 0 Å². The van der Waals surface area contributed by atoms with Gasteiger partial charge < -0.3 is 0 Å². The van der Waals surface area contributed by atoms with E-state index in [1.807, 2.05) is 0 Å². The van der Waals surface area contributed by atoms with Crippen LogP contribution in [-0.2, 0) is 6.42 Å². The Labute approximate surface area is 131 Å². The van der Waals surface area contributed by atoms with Crippen LogP contribution in [0.4, 0.5) is 0 Å². The predicted octanol–water partition coefficient (Wildman–Crippen LogP) is 5.13. The molecule has 2 aromatic carbocycles. The van der Waals surface area contributed by atoms with Gasteiger partial charge in [0, 0.05) is 6.42 Å². The van der Waals surface area contributed by atoms with Crippen molar-refractivity contribution in [2.75, 3.05) is 0 Å². The molecule has 0 saturated heterocycles. The Kier molecular flexibility index (Phi) is 4.13. The van der Waals surface area contributed by atoms with Crippen molar-refractivity contribution in [2.45, 2.75) is 24.6 Å². The van der Waals surface area contributed by atoms with Crippen LogP contribution in [0.3, 0.4) is 0 Å². The summed E-state index contributed by atoms with van der Waals surface area (Å²) in [4.78, 5) is 0.321. The SMILES string of the molecule is CCC(Br)c1nnc(Cc2cccc3ccccc23)s1. The number of hydrogen-bond acceptors (Lipinski definition) is 3. The van der Waals surface area contributed by atoms with E-state index < -0.39 is 0 Å². The molecule has 1 unspecified atom stereocenters. The molecule has 0 aliphatic rings. The molecule has 0 N–H and O–H groups in total. The van der Waals surface area contributed by atoms with E-state index in [2.05, 4.69) is 75.5 Å². The molecule has 0 saturated carbocycles. The Balaban J connectivity index is 1.91. The Hall–Kier alpha value is -1.26. The Morgan fingerprint density at radius 3 is 2.75 bits per heavy atom. The maximum Gasteiger partial charge on any atom is 0.131 e. The Bertz CT molecular complexity index is 718. The van der Waals surface area contributed by atoms with Gasteiger partial charge in [-0.05, 0) is 22.8 Å². The van der Waals surface area contributed by atoms with E-state index in [9.17, 15) is 0 Å². The van der Waals surface area contributed by atoms with Gasteiger partial charge in [-0.1, -0.05) is 76.7 Å². The zero-order valence-corrected chi connectivity index (χ0v) is 13.6. The third-order valence-electron chi connectivity index (χ3n) is 3.33. The number of hydrogen-bond donors (Lipinski definition) is 0. The topological polar surface area (TPSA) is 25.8 Å². The molecule has 1 heterocycles. The molecule has 0 radical (unpaired) electrons. The molecule has 3 aromatic rings. The molecule has 3 rings (SSSR count). The second kappa shape index (κ2) is 6.02. The molecular weight excluding hydrogens is 332 g/mol. The van der Waals surface area contributed by atoms with Gasteiger partial charge in [0.1, 0.15) is 10.0 Å². The summed E-state index contributed by atoms with van der Waals surface area (Å²) in [7, 11) is 0. The monoisotopic (exact) mass is 346 g/mol. The van der Waals surface area contributed by atoms with Crippen LogP contribution in [0.25, 0.3) is 10.8 Å². The zero-order valence-electron chi connectivity index (χ0n) is 11.2. The van der Waals surface area contributed by atoms with Crippen molar-refractivity contribution in [3.63, 3.8) is 0 Å². The van der Waals surface area contributed by atoms with Gasteiger partial charge in [0.25, 0.3) is 0 Å². The highest BCUT2D eigenvalue weighted by atomic mass is 79.9. The fourth-order valence-electron chi connectivity index (χ4n) is 2.25. The fraction of sp³-hybridized carbons (Fsp3) is 0.250. The lowest BCUT2D eigenvalue weighted by Gasteiger charge is -2.04. The smallest absolute Gasteiger partial charge is 0.131 e. The first kappa shape index (κ1) is 13.7. The molecule has 0 spiro atoms. The van der Waals surface area contributed by atoms with Gasteiger partial charge in [0.15, 0.2) is 0 Å². The third kappa shape index (κ3) is 2.76. The maximum atomic E-state index is 4.33. The molecule has 2 nitrogen and oxygen atoms in total. The van der Waals surface area contributed by atoms with Gasteiger partial charge in [-0.2, -0.15) is 0 Å². The second-order valence-corrected chi connectivity index (χ2v) is 6.92. The summed E-state index contributed by atoms with van der Waals surface area (Å²) in [6, 6.07) is 14.9. The first-order valence-electron chi connectivity index (χ1n) is 6.71. The first-order valence-corrected chi connectivity index (χ1v) is 8.44. The van der Waals surface area contributed by atoms with Crippen molar-refractivity contribution >= 4 is 38.0 Å². The summed E-state index contributed by atoms with van der Waals surface area (Å²) in [5.41, 5.74) is 1.31. The highest BCUT2D eigenvalue weighted by Crippen LogP contribution is 2.30. The van der Waals surface area contributed by atoms with E-state index in [-0.39, 0.29) is 0 Å². The summed E-state index contributed by atoms with van der Waals surface area (Å²) in [6.45, 7) is 2.14. The van der Waals surface area contributed by atoms with Crippen molar-refractivity contribution in [1.82, 2.24) is 10.2 Å². The minimum atomic E-state index is 0.321. The van der Waals surface area contributed by atoms with Gasteiger partial charge >= 0.3 is 0 Å². The van der Waals surface area contributed by atoms with Crippen LogP contribution in [0, 0.1) is 0 Å². The lowest BCUT2D eigenvalue weighted by Crippen LogP contribution is -1.89. The number of nitrogens with zero attached hydrogens (tertiary/aromatic N) is 2. The van der Waals surface area contributed by atoms with Gasteiger partial charge in [0.05, 0.1) is 4.83 Å². The van der Waals surface area contributed by atoms with Gasteiger partial charge in [-0.15, -0.1) is 10.2 Å². The number of aromatic nitrogens is 2. The molecule has 0 aliphatic heterocycles. The highest BCUT2D eigenvalue weighted by Gasteiger charge is 2.12. The maximum absolute atomic E-state index is 4.33. The quantitative estimate of drug-likeness (QED) is 0.612. The molecular formula is C16H15BrN2S. The fourth-order valence-corrected chi connectivity index (χ4v) is 3.55. The third-order valence-corrected chi connectivity index (χ3v) is 5.75. The predicted molar refractivity (Wildman–Crippen MR) is 88.6 cm³/mol. The van der Waals surface area contributed by atoms with Crippen LogP contribution in [0.15, 0.2) is 42.5 Å². The van der Waals surface area contributed by atoms with Gasteiger partial charge in [-0.3, -0.25) is 0 Å². The molecule has 0 amide bonds. The average Bonchev–Trinajstić information content (AvgIpc) is 2.95. The molecule has 0 aliphatic carbocycles. The molecule has 0 fully saturated rings. The summed E-state index contributed by atoms with van der Waals surface area (Å²) >= 11 is 5.33. The standard InChI is InChI=1S/C16H15BrN2S/c1-2-14(17)16-19-18-15(20-16)10-12-8-5-7-11-6-3-4-9-13(11)12/h3-9,14H,2,10H2,1H3. The Morgan fingerprint density at radius 2 is 1.90 bits per heavy atom. The molecule has 1 aromatic heterocycles. The summed E-state index contributed by atoms with van der Waals surface area (Å²) in [5, 5.41) is 13.3. The van der Waals surface area contributed by atoms with Crippen LogP contribution in [0.2, 0.25) is 0 Å². The van der Waals surface area contributed by atoms with E-state index in [0.29, 0.717) is 4.83 Å². The van der Waals surface area contributed by atoms with E-state index in [0.717, 1.165) is 22.9 Å². The van der Waals surface area contributed by atoms with Crippen LogP contribution in [0.1, 0.15) is 33.8 Å². The van der Waals surface area contributed by atoms with E-state index in [1.54, 1.807) is 11.3 Å². The lowest BCUT2D eigenvalue weighted by molar-refractivity contribution is 0.862. The molecule has 4 heteroatoms. The number of benzene rings is 2. The average molecular weight is 347 g/mol. The minimum absolute atomic E-state index is 0.321. The van der Waals surface area contributed by atoms with Crippen molar-refractivity contribution in [3.8, 4) is 0 Å². The Morgan fingerprint density at radius 1 is 1.10 bits per heavy atom. The normalized spacial score (nSPS) is 12.7. The highest BCUT2D eigenvalue weighted by molar-refractivity contribution is 9.09. The van der Waals surface area contributed by atoms with Crippen molar-refractivity contribution in [1.29, 1.82) is 0 Å². The number of halogens is 1. The minimum Gasteiger partial charge on any atom is -0.143 e. The number of rotatable bonds is 4.